The van der Waals surface area contributed by atoms with E-state index in [1.54, 1.807) is 4.90 Å². The minimum atomic E-state index is -0.502. The molecule has 0 N–H and O–H groups in total. The second kappa shape index (κ2) is 4.31. The molecule has 4 nitrogen and oxygen atoms in total. The lowest BCUT2D eigenvalue weighted by atomic mass is 9.85. The second-order valence-corrected chi connectivity index (χ2v) is 6.45. The first-order valence-corrected chi connectivity index (χ1v) is 6.06. The molecule has 0 spiro atoms. The van der Waals surface area contributed by atoms with Crippen molar-refractivity contribution in [1.29, 1.82) is 0 Å². The third-order valence-corrected chi connectivity index (χ3v) is 2.96. The lowest BCUT2D eigenvalue weighted by Crippen LogP contribution is -2.56. The molecule has 1 unspecified atom stereocenters. The van der Waals surface area contributed by atoms with E-state index < -0.39 is 11.1 Å². The summed E-state index contributed by atoms with van der Waals surface area (Å²) in [5.41, 5.74) is -0.955. The van der Waals surface area contributed by atoms with Gasteiger partial charge in [-0.3, -0.25) is 4.79 Å². The van der Waals surface area contributed by atoms with Crippen LogP contribution in [0.5, 0.6) is 0 Å². The molecule has 1 saturated heterocycles. The van der Waals surface area contributed by atoms with Crippen LogP contribution in [0.25, 0.3) is 0 Å². The van der Waals surface area contributed by atoms with Gasteiger partial charge in [-0.1, -0.05) is 6.92 Å². The normalized spacial score (nSPS) is 24.7. The molecule has 1 rings (SSSR count). The van der Waals surface area contributed by atoms with E-state index in [9.17, 15) is 9.59 Å². The van der Waals surface area contributed by atoms with Crippen molar-refractivity contribution in [1.82, 2.24) is 4.90 Å². The van der Waals surface area contributed by atoms with E-state index in [0.717, 1.165) is 0 Å². The van der Waals surface area contributed by atoms with Crippen molar-refractivity contribution < 1.29 is 14.3 Å². The molecule has 0 aromatic heterocycles. The van der Waals surface area contributed by atoms with Gasteiger partial charge in [0.1, 0.15) is 11.4 Å². The molecule has 1 aliphatic heterocycles. The molecule has 1 aliphatic rings. The molecule has 17 heavy (non-hydrogen) atoms. The smallest absolute Gasteiger partial charge is 0.410 e. The van der Waals surface area contributed by atoms with Crippen molar-refractivity contribution in [2.45, 2.75) is 59.1 Å². The van der Waals surface area contributed by atoms with E-state index in [2.05, 4.69) is 0 Å². The quantitative estimate of drug-likeness (QED) is 0.655. The van der Waals surface area contributed by atoms with E-state index in [-0.39, 0.29) is 17.8 Å². The molecular weight excluding hydrogens is 218 g/mol. The van der Waals surface area contributed by atoms with Crippen LogP contribution < -0.4 is 0 Å². The Morgan fingerprint density at radius 3 is 2.41 bits per heavy atom. The Hall–Kier alpha value is -1.06. The second-order valence-electron chi connectivity index (χ2n) is 6.45. The molecule has 1 amide bonds. The number of amides is 1. The Bertz CT molecular complexity index is 328. The minimum absolute atomic E-state index is 0.101. The van der Waals surface area contributed by atoms with E-state index in [1.807, 2.05) is 41.5 Å². The average molecular weight is 241 g/mol. The molecule has 0 radical (unpaired) electrons. The van der Waals surface area contributed by atoms with Gasteiger partial charge >= 0.3 is 6.09 Å². The summed E-state index contributed by atoms with van der Waals surface area (Å²) < 4.78 is 5.37. The fourth-order valence-corrected chi connectivity index (χ4v) is 1.96. The zero-order chi connectivity index (χ0) is 13.4. The lowest BCUT2D eigenvalue weighted by Gasteiger charge is -2.44. The first-order chi connectivity index (χ1) is 7.53. The zero-order valence-electron chi connectivity index (χ0n) is 11.7. The number of Topliss-reactive ketones (excluding diaryl/α,β-unsaturated/α-hetero) is 1. The maximum atomic E-state index is 12.1. The van der Waals surface area contributed by atoms with Crippen molar-refractivity contribution in [3.8, 4) is 0 Å². The van der Waals surface area contributed by atoms with Crippen molar-refractivity contribution in [2.75, 3.05) is 6.54 Å². The number of ether oxygens (including phenoxy) is 1. The Morgan fingerprint density at radius 2 is 1.94 bits per heavy atom. The van der Waals surface area contributed by atoms with Gasteiger partial charge in [-0.2, -0.15) is 0 Å². The number of hydrogen-bond donors (Lipinski definition) is 0. The molecule has 0 saturated carbocycles. The Balaban J connectivity index is 2.82. The fourth-order valence-electron chi connectivity index (χ4n) is 1.96. The molecule has 4 heteroatoms. The van der Waals surface area contributed by atoms with Crippen molar-refractivity contribution in [2.24, 2.45) is 5.92 Å². The van der Waals surface area contributed by atoms with Crippen LogP contribution in [0.15, 0.2) is 0 Å². The van der Waals surface area contributed by atoms with E-state index in [1.165, 1.54) is 0 Å². The molecular formula is C13H23NO3. The Labute approximate surface area is 103 Å². The van der Waals surface area contributed by atoms with Crippen LogP contribution in [0.1, 0.15) is 48.0 Å². The highest BCUT2D eigenvalue weighted by Crippen LogP contribution is 2.29. The van der Waals surface area contributed by atoms with E-state index in [4.69, 9.17) is 4.74 Å². The number of piperidine rings is 1. The third-order valence-electron chi connectivity index (χ3n) is 2.96. The Kier molecular flexibility index (Phi) is 3.55. The van der Waals surface area contributed by atoms with Gasteiger partial charge in [-0.15, -0.1) is 0 Å². The zero-order valence-corrected chi connectivity index (χ0v) is 11.7. The van der Waals surface area contributed by atoms with E-state index in [0.29, 0.717) is 13.0 Å². The van der Waals surface area contributed by atoms with Gasteiger partial charge in [0.25, 0.3) is 0 Å². The molecule has 1 fully saturated rings. The van der Waals surface area contributed by atoms with Crippen molar-refractivity contribution in [3.05, 3.63) is 0 Å². The Morgan fingerprint density at radius 1 is 1.41 bits per heavy atom. The number of nitrogens with zero attached hydrogens (tertiary/aromatic N) is 1. The molecule has 0 aromatic rings. The monoisotopic (exact) mass is 241 g/mol. The van der Waals surface area contributed by atoms with Crippen LogP contribution in [0.3, 0.4) is 0 Å². The topological polar surface area (TPSA) is 46.6 Å². The van der Waals surface area contributed by atoms with Crippen LogP contribution >= 0.6 is 0 Å². The maximum Gasteiger partial charge on any atom is 0.410 e. The fraction of sp³-hybridized carbons (Fsp3) is 0.846. The van der Waals surface area contributed by atoms with Gasteiger partial charge in [-0.05, 0) is 34.6 Å². The van der Waals surface area contributed by atoms with Crippen LogP contribution in [0, 0.1) is 5.92 Å². The van der Waals surface area contributed by atoms with Crippen LogP contribution in [0.4, 0.5) is 4.79 Å². The first kappa shape index (κ1) is 14.0. The number of carbonyl (C=O) groups is 2. The predicted octanol–water partition coefficient (Wildman–Crippen LogP) is 2.61. The first-order valence-electron chi connectivity index (χ1n) is 6.06. The maximum absolute atomic E-state index is 12.1. The highest BCUT2D eigenvalue weighted by molar-refractivity contribution is 5.85. The summed E-state index contributed by atoms with van der Waals surface area (Å²) in [6.07, 6.45) is 0.0646. The molecule has 0 bridgehead atoms. The summed E-state index contributed by atoms with van der Waals surface area (Å²) in [6, 6.07) is 0. The van der Waals surface area contributed by atoms with Crippen LogP contribution in [-0.2, 0) is 9.53 Å². The molecule has 1 atom stereocenters. The van der Waals surface area contributed by atoms with Gasteiger partial charge in [0.2, 0.25) is 0 Å². The largest absolute Gasteiger partial charge is 0.444 e. The number of hydrogen-bond acceptors (Lipinski definition) is 3. The van der Waals surface area contributed by atoms with Gasteiger partial charge in [0, 0.05) is 24.4 Å². The average Bonchev–Trinajstić information content (AvgIpc) is 2.07. The number of likely N-dealkylation sites (tertiary alicyclic amines) is 1. The van der Waals surface area contributed by atoms with Gasteiger partial charge < -0.3 is 9.64 Å². The highest BCUT2D eigenvalue weighted by Gasteiger charge is 2.41. The highest BCUT2D eigenvalue weighted by atomic mass is 16.6. The number of rotatable bonds is 0. The molecule has 1 heterocycles. The molecule has 98 valence electrons. The van der Waals surface area contributed by atoms with Gasteiger partial charge in [0.15, 0.2) is 0 Å². The summed E-state index contributed by atoms with van der Waals surface area (Å²) >= 11 is 0. The standard InChI is InChI=1S/C13H23NO3/c1-9-8-14(11(16)17-12(2,3)4)13(5,6)7-10(9)15/h9H,7-8H2,1-6H3. The summed E-state index contributed by atoms with van der Waals surface area (Å²) in [5.74, 6) is 0.116. The summed E-state index contributed by atoms with van der Waals surface area (Å²) in [7, 11) is 0. The van der Waals surface area contributed by atoms with Crippen molar-refractivity contribution in [3.63, 3.8) is 0 Å². The van der Waals surface area contributed by atoms with Gasteiger partial charge in [-0.25, -0.2) is 4.79 Å². The predicted molar refractivity (Wildman–Crippen MR) is 65.8 cm³/mol. The van der Waals surface area contributed by atoms with Crippen LogP contribution in [0.2, 0.25) is 0 Å². The van der Waals surface area contributed by atoms with Crippen molar-refractivity contribution >= 4 is 11.9 Å². The summed E-state index contributed by atoms with van der Waals surface area (Å²) in [4.78, 5) is 25.4. The van der Waals surface area contributed by atoms with Crippen LogP contribution in [-0.4, -0.2) is 34.5 Å². The summed E-state index contributed by atoms with van der Waals surface area (Å²) in [6.45, 7) is 11.6. The molecule has 0 aromatic carbocycles. The third kappa shape index (κ3) is 3.45. The van der Waals surface area contributed by atoms with Gasteiger partial charge in [0.05, 0.1) is 0 Å². The lowest BCUT2D eigenvalue weighted by molar-refractivity contribution is -0.129. The summed E-state index contributed by atoms with van der Waals surface area (Å²) in [5, 5.41) is 0. The minimum Gasteiger partial charge on any atom is -0.444 e. The SMILES string of the molecule is CC1CN(C(=O)OC(C)(C)C)C(C)(C)CC1=O. The number of ketones is 1. The molecule has 0 aliphatic carbocycles. The van der Waals surface area contributed by atoms with E-state index >= 15 is 0 Å². The number of carbonyl (C=O) groups excluding carboxylic acids is 2.